The van der Waals surface area contributed by atoms with Crippen LogP contribution in [0.25, 0.3) is 0 Å². The second kappa shape index (κ2) is 8.36. The number of ether oxygens (including phenoxy) is 4. The van der Waals surface area contributed by atoms with Crippen molar-refractivity contribution in [2.24, 2.45) is 11.8 Å². The molecular formula is C17H24O10. The number of rotatable bonds is 5. The molecule has 0 radical (unpaired) electrons. The summed E-state index contributed by atoms with van der Waals surface area (Å²) in [4.78, 5) is 58.8. The average molecular weight is 388 g/mol. The van der Waals surface area contributed by atoms with Crippen molar-refractivity contribution in [3.05, 3.63) is 0 Å². The number of hydrogen-bond donors (Lipinski definition) is 1. The first-order chi connectivity index (χ1) is 12.3. The molecule has 0 aromatic carbocycles. The first kappa shape index (κ1) is 22.4. The normalized spacial score (nSPS) is 32.7. The lowest BCUT2D eigenvalue weighted by Gasteiger charge is -2.51. The van der Waals surface area contributed by atoms with E-state index in [0.717, 1.165) is 27.7 Å². The fourth-order valence-electron chi connectivity index (χ4n) is 3.36. The van der Waals surface area contributed by atoms with E-state index in [4.69, 9.17) is 18.9 Å². The van der Waals surface area contributed by atoms with Gasteiger partial charge in [0.25, 0.3) is 5.60 Å². The molecule has 10 nitrogen and oxygen atoms in total. The summed E-state index contributed by atoms with van der Waals surface area (Å²) in [5.41, 5.74) is -2.59. The van der Waals surface area contributed by atoms with E-state index < -0.39 is 65.6 Å². The molecule has 0 aliphatic heterocycles. The molecule has 1 rings (SSSR count). The Kier molecular flexibility index (Phi) is 6.93. The van der Waals surface area contributed by atoms with Crippen LogP contribution >= 0.6 is 0 Å². The van der Waals surface area contributed by atoms with Gasteiger partial charge in [0, 0.05) is 39.5 Å². The topological polar surface area (TPSA) is 142 Å². The molecule has 0 aromatic heterocycles. The predicted octanol–water partition coefficient (Wildman–Crippen LogP) is 0.454. The Morgan fingerprint density at radius 2 is 1.15 bits per heavy atom. The minimum atomic E-state index is -2.59. The highest BCUT2D eigenvalue weighted by molar-refractivity contribution is 5.85. The standard InChI is InChI=1S/C17H24O10/c1-7-8(2)14(25-10(4)19)17(16(22)23,27-12(6)21)15(26-11(5)20)13(7)24-9(3)18/h7-8,13-15H,1-6H3,(H,22,23). The molecule has 1 aliphatic rings. The summed E-state index contributed by atoms with van der Waals surface area (Å²) < 4.78 is 20.7. The Balaban J connectivity index is 3.72. The van der Waals surface area contributed by atoms with Gasteiger partial charge in [0.1, 0.15) is 6.10 Å². The van der Waals surface area contributed by atoms with E-state index in [2.05, 4.69) is 0 Å². The third-order valence-electron chi connectivity index (χ3n) is 4.50. The molecule has 0 saturated heterocycles. The summed E-state index contributed by atoms with van der Waals surface area (Å²) in [6, 6.07) is 0. The molecular weight excluding hydrogens is 364 g/mol. The Morgan fingerprint density at radius 1 is 0.704 bits per heavy atom. The predicted molar refractivity (Wildman–Crippen MR) is 87.1 cm³/mol. The number of hydrogen-bond acceptors (Lipinski definition) is 9. The van der Waals surface area contributed by atoms with E-state index in [9.17, 15) is 29.1 Å². The van der Waals surface area contributed by atoms with Crippen LogP contribution in [0.3, 0.4) is 0 Å². The zero-order valence-corrected chi connectivity index (χ0v) is 16.0. The molecule has 0 heterocycles. The van der Waals surface area contributed by atoms with Crippen molar-refractivity contribution in [2.75, 3.05) is 0 Å². The number of carboxylic acid groups (broad SMARTS) is 1. The van der Waals surface area contributed by atoms with Crippen molar-refractivity contribution < 1.29 is 48.0 Å². The third-order valence-corrected chi connectivity index (χ3v) is 4.50. The number of aliphatic carboxylic acids is 1. The molecule has 1 aliphatic carbocycles. The highest BCUT2D eigenvalue weighted by Crippen LogP contribution is 2.44. The summed E-state index contributed by atoms with van der Waals surface area (Å²) in [6.45, 7) is 7.33. The molecule has 10 heteroatoms. The van der Waals surface area contributed by atoms with Gasteiger partial charge in [-0.1, -0.05) is 13.8 Å². The van der Waals surface area contributed by atoms with Crippen molar-refractivity contribution in [1.29, 1.82) is 0 Å². The van der Waals surface area contributed by atoms with Crippen LogP contribution in [0.1, 0.15) is 41.5 Å². The number of carbonyl (C=O) groups excluding carboxylic acids is 4. The fourth-order valence-corrected chi connectivity index (χ4v) is 3.36. The van der Waals surface area contributed by atoms with Crippen molar-refractivity contribution in [3.63, 3.8) is 0 Å². The highest BCUT2D eigenvalue weighted by Gasteiger charge is 2.69. The molecule has 1 N–H and O–H groups in total. The van der Waals surface area contributed by atoms with Gasteiger partial charge in [0.05, 0.1) is 0 Å². The molecule has 152 valence electrons. The van der Waals surface area contributed by atoms with Crippen LogP contribution in [0.2, 0.25) is 0 Å². The van der Waals surface area contributed by atoms with E-state index >= 15 is 0 Å². The van der Waals surface area contributed by atoms with Gasteiger partial charge in [-0.15, -0.1) is 0 Å². The van der Waals surface area contributed by atoms with Crippen LogP contribution in [0, 0.1) is 11.8 Å². The average Bonchev–Trinajstić information content (AvgIpc) is 2.50. The van der Waals surface area contributed by atoms with Crippen molar-refractivity contribution >= 4 is 29.8 Å². The van der Waals surface area contributed by atoms with Gasteiger partial charge in [0.2, 0.25) is 0 Å². The maximum absolute atomic E-state index is 12.3. The van der Waals surface area contributed by atoms with Crippen LogP contribution in [-0.2, 0) is 42.9 Å². The van der Waals surface area contributed by atoms with Gasteiger partial charge in [-0.05, 0) is 0 Å². The SMILES string of the molecule is CC(=O)OC1C(C)C(C)C(OC(C)=O)C(OC(C)=O)(C(=O)O)C1OC(C)=O. The smallest absolute Gasteiger partial charge is 0.356 e. The number of carboxylic acids is 1. The second-order valence-corrected chi connectivity index (χ2v) is 6.54. The van der Waals surface area contributed by atoms with E-state index in [1.807, 2.05) is 0 Å². The van der Waals surface area contributed by atoms with Crippen LogP contribution in [-0.4, -0.2) is 58.9 Å². The molecule has 0 amide bonds. The minimum Gasteiger partial charge on any atom is -0.478 e. The van der Waals surface area contributed by atoms with Gasteiger partial charge in [0.15, 0.2) is 12.2 Å². The molecule has 1 saturated carbocycles. The van der Waals surface area contributed by atoms with Crippen LogP contribution in [0.4, 0.5) is 0 Å². The van der Waals surface area contributed by atoms with Gasteiger partial charge < -0.3 is 24.1 Å². The Morgan fingerprint density at radius 3 is 1.52 bits per heavy atom. The minimum absolute atomic E-state index is 0.592. The molecule has 1 fully saturated rings. The lowest BCUT2D eigenvalue weighted by atomic mass is 9.66. The summed E-state index contributed by atoms with van der Waals surface area (Å²) >= 11 is 0. The van der Waals surface area contributed by atoms with Gasteiger partial charge in [-0.25, -0.2) is 4.79 Å². The molecule has 0 aromatic rings. The lowest BCUT2D eigenvalue weighted by molar-refractivity contribution is -0.263. The zero-order valence-electron chi connectivity index (χ0n) is 16.0. The maximum Gasteiger partial charge on any atom is 0.356 e. The largest absolute Gasteiger partial charge is 0.478 e. The maximum atomic E-state index is 12.3. The lowest BCUT2D eigenvalue weighted by Crippen LogP contribution is -2.73. The third kappa shape index (κ3) is 4.55. The number of esters is 4. The quantitative estimate of drug-likeness (QED) is 0.521. The zero-order chi connectivity index (χ0) is 21.1. The monoisotopic (exact) mass is 388 g/mol. The van der Waals surface area contributed by atoms with E-state index in [0.29, 0.717) is 0 Å². The summed E-state index contributed by atoms with van der Waals surface area (Å²) in [7, 11) is 0. The van der Waals surface area contributed by atoms with Crippen molar-refractivity contribution in [2.45, 2.75) is 65.5 Å². The van der Waals surface area contributed by atoms with Gasteiger partial charge >= 0.3 is 29.8 Å². The van der Waals surface area contributed by atoms with Gasteiger partial charge in [-0.3, -0.25) is 19.2 Å². The molecule has 0 spiro atoms. The molecule has 0 bridgehead atoms. The summed E-state index contributed by atoms with van der Waals surface area (Å²) in [5, 5.41) is 9.96. The van der Waals surface area contributed by atoms with Gasteiger partial charge in [-0.2, -0.15) is 0 Å². The summed E-state index contributed by atoms with van der Waals surface area (Å²) in [5.74, 6) is -6.47. The fraction of sp³-hybridized carbons (Fsp3) is 0.706. The van der Waals surface area contributed by atoms with E-state index in [-0.39, 0.29) is 0 Å². The van der Waals surface area contributed by atoms with E-state index in [1.165, 1.54) is 0 Å². The number of carbonyl (C=O) groups is 5. The van der Waals surface area contributed by atoms with Crippen molar-refractivity contribution in [1.82, 2.24) is 0 Å². The van der Waals surface area contributed by atoms with Crippen LogP contribution < -0.4 is 0 Å². The molecule has 6 unspecified atom stereocenters. The first-order valence-electron chi connectivity index (χ1n) is 8.29. The Labute approximate surface area is 156 Å². The molecule has 6 atom stereocenters. The first-order valence-corrected chi connectivity index (χ1v) is 8.29. The van der Waals surface area contributed by atoms with Crippen molar-refractivity contribution in [3.8, 4) is 0 Å². The Hall–Kier alpha value is -2.65. The van der Waals surface area contributed by atoms with Crippen LogP contribution in [0.5, 0.6) is 0 Å². The summed E-state index contributed by atoms with van der Waals surface area (Å²) in [6.07, 6.45) is -4.46. The molecule has 27 heavy (non-hydrogen) atoms. The second-order valence-electron chi connectivity index (χ2n) is 6.54. The van der Waals surface area contributed by atoms with Crippen LogP contribution in [0.15, 0.2) is 0 Å². The highest BCUT2D eigenvalue weighted by atomic mass is 16.6. The van der Waals surface area contributed by atoms with E-state index in [1.54, 1.807) is 13.8 Å². The Bertz CT molecular complexity index is 642.